The van der Waals surface area contributed by atoms with Gasteiger partial charge in [0.15, 0.2) is 0 Å². The number of sulfonamides is 1. The summed E-state index contributed by atoms with van der Waals surface area (Å²) < 4.78 is 34.9. The van der Waals surface area contributed by atoms with Gasteiger partial charge >= 0.3 is 5.97 Å². The van der Waals surface area contributed by atoms with E-state index in [1.54, 1.807) is 12.1 Å². The van der Waals surface area contributed by atoms with Crippen LogP contribution in [-0.2, 0) is 21.3 Å². The van der Waals surface area contributed by atoms with Crippen molar-refractivity contribution in [2.24, 2.45) is 0 Å². The van der Waals surface area contributed by atoms with Crippen molar-refractivity contribution in [2.45, 2.75) is 44.0 Å². The molecule has 4 aromatic rings. The molecule has 3 aromatic carbocycles. The lowest BCUT2D eigenvalue weighted by Crippen LogP contribution is -2.32. The van der Waals surface area contributed by atoms with Gasteiger partial charge < -0.3 is 4.74 Å². The number of methoxy groups -OCH3 is 1. The quantitative estimate of drug-likeness (QED) is 0.251. The molecule has 1 saturated carbocycles. The highest BCUT2D eigenvalue weighted by molar-refractivity contribution is 7.92. The van der Waals surface area contributed by atoms with Crippen LogP contribution in [0.25, 0.3) is 10.9 Å². The van der Waals surface area contributed by atoms with E-state index in [9.17, 15) is 13.2 Å². The Morgan fingerprint density at radius 2 is 1.70 bits per heavy atom. The SMILES string of the molecule is COC(=O)c1ccc(S(=O)(=O)N(Cc2ccc(C)cc2)c2c(C3CC3)c(C)nc3ccc(Cl)cc23)cc1. The van der Waals surface area contributed by atoms with Gasteiger partial charge in [-0.1, -0.05) is 41.4 Å². The van der Waals surface area contributed by atoms with E-state index in [2.05, 4.69) is 0 Å². The molecule has 0 unspecified atom stereocenters. The lowest BCUT2D eigenvalue weighted by molar-refractivity contribution is 0.0600. The number of nitrogens with zero attached hydrogens (tertiary/aromatic N) is 2. The van der Waals surface area contributed by atoms with Gasteiger partial charge in [-0.2, -0.15) is 0 Å². The normalized spacial score (nSPS) is 13.5. The van der Waals surface area contributed by atoms with Crippen LogP contribution in [0.15, 0.2) is 71.6 Å². The zero-order valence-corrected chi connectivity index (χ0v) is 22.4. The Bertz CT molecular complexity index is 1600. The molecule has 0 amide bonds. The third-order valence-electron chi connectivity index (χ3n) is 6.69. The number of anilines is 1. The molecule has 1 aliphatic rings. The summed E-state index contributed by atoms with van der Waals surface area (Å²) in [6.07, 6.45) is 1.96. The molecule has 8 heteroatoms. The lowest BCUT2D eigenvalue weighted by atomic mass is 10.0. The van der Waals surface area contributed by atoms with E-state index in [-0.39, 0.29) is 22.9 Å². The van der Waals surface area contributed by atoms with E-state index in [0.29, 0.717) is 21.6 Å². The zero-order chi connectivity index (χ0) is 26.3. The fourth-order valence-electron chi connectivity index (χ4n) is 4.63. The summed E-state index contributed by atoms with van der Waals surface area (Å²) in [4.78, 5) is 16.8. The van der Waals surface area contributed by atoms with Crippen molar-refractivity contribution < 1.29 is 17.9 Å². The molecule has 6 nitrogen and oxygen atoms in total. The molecule has 0 N–H and O–H groups in total. The van der Waals surface area contributed by atoms with Gasteiger partial charge in [-0.25, -0.2) is 13.2 Å². The Balaban J connectivity index is 1.75. The molecule has 1 fully saturated rings. The van der Waals surface area contributed by atoms with Gasteiger partial charge in [0.25, 0.3) is 10.0 Å². The number of hydrogen-bond acceptors (Lipinski definition) is 5. The second-order valence-corrected chi connectivity index (χ2v) is 11.7. The van der Waals surface area contributed by atoms with E-state index < -0.39 is 16.0 Å². The average Bonchev–Trinajstić information content (AvgIpc) is 3.73. The molecule has 0 bridgehead atoms. The van der Waals surface area contributed by atoms with Crippen molar-refractivity contribution in [3.05, 3.63) is 99.7 Å². The summed E-state index contributed by atoms with van der Waals surface area (Å²) in [6.45, 7) is 4.06. The van der Waals surface area contributed by atoms with E-state index >= 15 is 0 Å². The van der Waals surface area contributed by atoms with Crippen LogP contribution in [0.2, 0.25) is 5.02 Å². The summed E-state index contributed by atoms with van der Waals surface area (Å²) >= 11 is 6.41. The lowest BCUT2D eigenvalue weighted by Gasteiger charge is -2.29. The minimum absolute atomic E-state index is 0.0821. The Morgan fingerprint density at radius 3 is 2.32 bits per heavy atom. The fraction of sp³-hybridized carbons (Fsp3) is 0.241. The molecule has 37 heavy (non-hydrogen) atoms. The maximum atomic E-state index is 14.3. The average molecular weight is 535 g/mol. The number of rotatable bonds is 7. The zero-order valence-electron chi connectivity index (χ0n) is 20.9. The topological polar surface area (TPSA) is 76.6 Å². The maximum Gasteiger partial charge on any atom is 0.337 e. The largest absolute Gasteiger partial charge is 0.465 e. The molecule has 5 rings (SSSR count). The molecule has 1 aromatic heterocycles. The minimum atomic E-state index is -4.05. The van der Waals surface area contributed by atoms with Gasteiger partial charge in [-0.05, 0) is 80.6 Å². The van der Waals surface area contributed by atoms with Crippen LogP contribution < -0.4 is 4.31 Å². The van der Waals surface area contributed by atoms with E-state index in [4.69, 9.17) is 21.3 Å². The third kappa shape index (κ3) is 4.93. The summed E-state index contributed by atoms with van der Waals surface area (Å²) in [7, 11) is -2.76. The third-order valence-corrected chi connectivity index (χ3v) is 8.69. The Morgan fingerprint density at radius 1 is 1.03 bits per heavy atom. The van der Waals surface area contributed by atoms with Crippen LogP contribution in [-0.4, -0.2) is 26.5 Å². The summed E-state index contributed by atoms with van der Waals surface area (Å²) in [5, 5.41) is 1.21. The van der Waals surface area contributed by atoms with Crippen molar-refractivity contribution in [3.63, 3.8) is 0 Å². The number of aryl methyl sites for hydroxylation is 2. The van der Waals surface area contributed by atoms with Crippen molar-refractivity contribution in [3.8, 4) is 0 Å². The number of carbonyl (C=O) groups excluding carboxylic acids is 1. The van der Waals surface area contributed by atoms with Crippen molar-refractivity contribution in [1.29, 1.82) is 0 Å². The van der Waals surface area contributed by atoms with Gasteiger partial charge in [0.1, 0.15) is 0 Å². The molecular formula is C29H27ClN2O4S. The Hall–Kier alpha value is -3.42. The van der Waals surface area contributed by atoms with E-state index in [0.717, 1.165) is 35.2 Å². The molecule has 0 radical (unpaired) electrons. The van der Waals surface area contributed by atoms with Crippen LogP contribution in [0.5, 0.6) is 0 Å². The van der Waals surface area contributed by atoms with Crippen molar-refractivity contribution >= 4 is 44.2 Å². The first-order chi connectivity index (χ1) is 17.7. The monoisotopic (exact) mass is 534 g/mol. The summed E-state index contributed by atoms with van der Waals surface area (Å²) in [5.41, 5.74) is 5.28. The first-order valence-electron chi connectivity index (χ1n) is 12.1. The first kappa shape index (κ1) is 25.2. The second-order valence-electron chi connectivity index (χ2n) is 9.41. The molecule has 0 spiro atoms. The Kier molecular flexibility index (Phi) is 6.68. The number of pyridine rings is 1. The minimum Gasteiger partial charge on any atom is -0.465 e. The van der Waals surface area contributed by atoms with Gasteiger partial charge in [-0.15, -0.1) is 0 Å². The smallest absolute Gasteiger partial charge is 0.337 e. The fourth-order valence-corrected chi connectivity index (χ4v) is 6.30. The highest BCUT2D eigenvalue weighted by atomic mass is 35.5. The number of hydrogen-bond donors (Lipinski definition) is 0. The molecule has 0 saturated heterocycles. The maximum absolute atomic E-state index is 14.3. The highest BCUT2D eigenvalue weighted by Crippen LogP contribution is 2.49. The van der Waals surface area contributed by atoms with Crippen LogP contribution in [0.3, 0.4) is 0 Å². The molecular weight excluding hydrogens is 508 g/mol. The van der Waals surface area contributed by atoms with Crippen LogP contribution in [0, 0.1) is 13.8 Å². The number of fused-ring (bicyclic) bond motifs is 1. The van der Waals surface area contributed by atoms with Crippen molar-refractivity contribution in [1.82, 2.24) is 4.98 Å². The molecule has 1 aliphatic carbocycles. The molecule has 1 heterocycles. The molecule has 0 aliphatic heterocycles. The van der Waals surface area contributed by atoms with Crippen LogP contribution in [0.1, 0.15) is 51.5 Å². The van der Waals surface area contributed by atoms with Gasteiger partial charge in [0.2, 0.25) is 0 Å². The standard InChI is InChI=1S/C29H27ClN2O4S/c1-18-4-6-20(7-5-18)17-32(37(34,35)24-13-10-22(11-14-24)29(33)36-3)28-25-16-23(30)12-15-26(25)31-19(2)27(28)21-8-9-21/h4-7,10-16,21H,8-9,17H2,1-3H3. The number of halogens is 1. The number of benzene rings is 3. The van der Waals surface area contributed by atoms with Crippen LogP contribution >= 0.6 is 11.6 Å². The molecule has 190 valence electrons. The number of aromatic nitrogens is 1. The predicted octanol–water partition coefficient (Wildman–Crippen LogP) is 6.56. The van der Waals surface area contributed by atoms with Crippen LogP contribution in [0.4, 0.5) is 5.69 Å². The first-order valence-corrected chi connectivity index (χ1v) is 13.9. The van der Waals surface area contributed by atoms with Gasteiger partial charge in [-0.3, -0.25) is 9.29 Å². The Labute approximate surface area is 221 Å². The number of esters is 1. The summed E-state index contributed by atoms with van der Waals surface area (Å²) in [5.74, 6) is -0.287. The predicted molar refractivity (Wildman–Crippen MR) is 146 cm³/mol. The number of ether oxygens (including phenoxy) is 1. The second kappa shape index (κ2) is 9.80. The van der Waals surface area contributed by atoms with Gasteiger partial charge in [0.05, 0.1) is 35.3 Å². The highest BCUT2D eigenvalue weighted by Gasteiger charge is 2.36. The molecule has 0 atom stereocenters. The van der Waals surface area contributed by atoms with E-state index in [1.165, 1.54) is 35.7 Å². The number of carbonyl (C=O) groups is 1. The van der Waals surface area contributed by atoms with Crippen molar-refractivity contribution in [2.75, 3.05) is 11.4 Å². The van der Waals surface area contributed by atoms with E-state index in [1.807, 2.05) is 44.2 Å². The van der Waals surface area contributed by atoms with Gasteiger partial charge in [0, 0.05) is 21.7 Å². The summed E-state index contributed by atoms with van der Waals surface area (Å²) in [6, 6.07) is 19.1.